The number of amidine groups is 1. The molecule has 0 aromatic carbocycles. The van der Waals surface area contributed by atoms with Crippen molar-refractivity contribution in [1.82, 2.24) is 0 Å². The number of hydrogen-bond donors (Lipinski definition) is 1. The Morgan fingerprint density at radius 1 is 1.69 bits per heavy atom. The van der Waals surface area contributed by atoms with Crippen LogP contribution in [0.15, 0.2) is 16.4 Å². The summed E-state index contributed by atoms with van der Waals surface area (Å²) in [4.78, 5) is 5.73. The standard InChI is InChI=1S/C10H14N2S/c1-7-4-5-13-9(7)6-12-10(11)8-2-3-8/h4-5,8H,2-3,6H2,1H3,(H2,11,12). The topological polar surface area (TPSA) is 38.4 Å². The third-order valence-corrected chi connectivity index (χ3v) is 3.38. The molecule has 13 heavy (non-hydrogen) atoms. The fourth-order valence-electron chi connectivity index (χ4n) is 1.24. The highest BCUT2D eigenvalue weighted by molar-refractivity contribution is 7.10. The van der Waals surface area contributed by atoms with Crippen LogP contribution in [-0.4, -0.2) is 5.84 Å². The maximum Gasteiger partial charge on any atom is 0.0972 e. The van der Waals surface area contributed by atoms with E-state index in [2.05, 4.69) is 23.4 Å². The van der Waals surface area contributed by atoms with Gasteiger partial charge in [-0.05, 0) is 36.8 Å². The fourth-order valence-corrected chi connectivity index (χ4v) is 2.07. The Balaban J connectivity index is 1.98. The molecular formula is C10H14N2S. The molecule has 0 atom stereocenters. The van der Waals surface area contributed by atoms with Crippen molar-refractivity contribution < 1.29 is 0 Å². The highest BCUT2D eigenvalue weighted by atomic mass is 32.1. The quantitative estimate of drug-likeness (QED) is 0.582. The van der Waals surface area contributed by atoms with Crippen molar-refractivity contribution in [3.63, 3.8) is 0 Å². The van der Waals surface area contributed by atoms with E-state index in [1.807, 2.05) is 0 Å². The SMILES string of the molecule is Cc1ccsc1CN=C(N)C1CC1. The lowest BCUT2D eigenvalue weighted by Crippen LogP contribution is -2.13. The van der Waals surface area contributed by atoms with Crippen molar-refractivity contribution in [2.45, 2.75) is 26.3 Å². The van der Waals surface area contributed by atoms with Crippen LogP contribution in [0.25, 0.3) is 0 Å². The second-order valence-corrected chi connectivity index (χ2v) is 4.54. The van der Waals surface area contributed by atoms with Crippen LogP contribution in [0.3, 0.4) is 0 Å². The molecule has 1 saturated carbocycles. The summed E-state index contributed by atoms with van der Waals surface area (Å²) < 4.78 is 0. The molecular weight excluding hydrogens is 180 g/mol. The van der Waals surface area contributed by atoms with E-state index in [1.54, 1.807) is 11.3 Å². The summed E-state index contributed by atoms with van der Waals surface area (Å²) in [6.07, 6.45) is 2.47. The lowest BCUT2D eigenvalue weighted by Gasteiger charge is -1.97. The van der Waals surface area contributed by atoms with Gasteiger partial charge in [-0.25, -0.2) is 0 Å². The van der Waals surface area contributed by atoms with Crippen LogP contribution < -0.4 is 5.73 Å². The number of hydrogen-bond acceptors (Lipinski definition) is 2. The summed E-state index contributed by atoms with van der Waals surface area (Å²) >= 11 is 1.76. The molecule has 0 bridgehead atoms. The monoisotopic (exact) mass is 194 g/mol. The Morgan fingerprint density at radius 2 is 2.46 bits per heavy atom. The Hall–Kier alpha value is -0.830. The van der Waals surface area contributed by atoms with Crippen LogP contribution in [0.1, 0.15) is 23.3 Å². The largest absolute Gasteiger partial charge is 0.387 e. The maximum absolute atomic E-state index is 5.80. The van der Waals surface area contributed by atoms with E-state index in [1.165, 1.54) is 23.3 Å². The number of rotatable bonds is 3. The van der Waals surface area contributed by atoms with E-state index < -0.39 is 0 Å². The Kier molecular flexibility index (Phi) is 2.36. The van der Waals surface area contributed by atoms with Gasteiger partial charge in [0.2, 0.25) is 0 Å². The average Bonchev–Trinajstić information content (AvgIpc) is 2.88. The molecule has 3 heteroatoms. The second kappa shape index (κ2) is 3.50. The first-order valence-electron chi connectivity index (χ1n) is 4.60. The summed E-state index contributed by atoms with van der Waals surface area (Å²) in [7, 11) is 0. The number of nitrogens with two attached hydrogens (primary N) is 1. The molecule has 2 N–H and O–H groups in total. The highest BCUT2D eigenvalue weighted by Gasteiger charge is 2.25. The highest BCUT2D eigenvalue weighted by Crippen LogP contribution is 2.29. The molecule has 0 saturated heterocycles. The van der Waals surface area contributed by atoms with E-state index in [4.69, 9.17) is 5.73 Å². The minimum Gasteiger partial charge on any atom is -0.387 e. The van der Waals surface area contributed by atoms with Gasteiger partial charge in [0.1, 0.15) is 0 Å². The first-order chi connectivity index (χ1) is 6.27. The second-order valence-electron chi connectivity index (χ2n) is 3.54. The number of aliphatic imine (C=N–C) groups is 1. The van der Waals surface area contributed by atoms with Crippen LogP contribution in [0.2, 0.25) is 0 Å². The maximum atomic E-state index is 5.80. The van der Waals surface area contributed by atoms with Gasteiger partial charge in [-0.15, -0.1) is 11.3 Å². The molecule has 0 spiro atoms. The lowest BCUT2D eigenvalue weighted by molar-refractivity contribution is 1.03. The van der Waals surface area contributed by atoms with Gasteiger partial charge in [0.15, 0.2) is 0 Å². The molecule has 1 aliphatic carbocycles. The molecule has 1 aromatic rings. The predicted molar refractivity (Wildman–Crippen MR) is 57.1 cm³/mol. The smallest absolute Gasteiger partial charge is 0.0972 e. The summed E-state index contributed by atoms with van der Waals surface area (Å²) in [5, 5.41) is 2.10. The van der Waals surface area contributed by atoms with Gasteiger partial charge in [-0.3, -0.25) is 4.99 Å². The molecule has 1 aromatic heterocycles. The first kappa shape index (κ1) is 8.75. The Labute approximate surface area is 82.5 Å². The predicted octanol–water partition coefficient (Wildman–Crippen LogP) is 2.32. The van der Waals surface area contributed by atoms with Gasteiger partial charge < -0.3 is 5.73 Å². The molecule has 70 valence electrons. The van der Waals surface area contributed by atoms with Crippen LogP contribution in [-0.2, 0) is 6.54 Å². The minimum atomic E-state index is 0.597. The molecule has 0 unspecified atom stereocenters. The van der Waals surface area contributed by atoms with Crippen molar-refractivity contribution in [3.8, 4) is 0 Å². The van der Waals surface area contributed by atoms with Crippen LogP contribution in [0.4, 0.5) is 0 Å². The first-order valence-corrected chi connectivity index (χ1v) is 5.48. The van der Waals surface area contributed by atoms with E-state index in [-0.39, 0.29) is 0 Å². The summed E-state index contributed by atoms with van der Waals surface area (Å²) in [6, 6.07) is 2.13. The number of nitrogens with zero attached hydrogens (tertiary/aromatic N) is 1. The Morgan fingerprint density at radius 3 is 3.00 bits per heavy atom. The third-order valence-electron chi connectivity index (χ3n) is 2.37. The van der Waals surface area contributed by atoms with Crippen LogP contribution in [0, 0.1) is 12.8 Å². The molecule has 0 aliphatic heterocycles. The third kappa shape index (κ3) is 2.10. The molecule has 0 radical (unpaired) electrons. The Bertz CT molecular complexity index is 323. The van der Waals surface area contributed by atoms with Crippen molar-refractivity contribution in [3.05, 3.63) is 21.9 Å². The van der Waals surface area contributed by atoms with Crippen molar-refractivity contribution in [2.75, 3.05) is 0 Å². The lowest BCUT2D eigenvalue weighted by atomic mass is 10.3. The van der Waals surface area contributed by atoms with E-state index in [9.17, 15) is 0 Å². The normalized spacial score (nSPS) is 17.8. The van der Waals surface area contributed by atoms with Crippen molar-refractivity contribution in [1.29, 1.82) is 0 Å². The average molecular weight is 194 g/mol. The molecule has 2 nitrogen and oxygen atoms in total. The van der Waals surface area contributed by atoms with E-state index in [0.717, 1.165) is 12.4 Å². The number of aryl methyl sites for hydroxylation is 1. The molecule has 2 rings (SSSR count). The van der Waals surface area contributed by atoms with Gasteiger partial charge in [-0.1, -0.05) is 0 Å². The van der Waals surface area contributed by atoms with Gasteiger partial charge in [0.05, 0.1) is 12.4 Å². The van der Waals surface area contributed by atoms with Gasteiger partial charge in [0, 0.05) is 10.8 Å². The van der Waals surface area contributed by atoms with E-state index >= 15 is 0 Å². The van der Waals surface area contributed by atoms with Crippen LogP contribution in [0.5, 0.6) is 0 Å². The van der Waals surface area contributed by atoms with Gasteiger partial charge >= 0.3 is 0 Å². The fraction of sp³-hybridized carbons (Fsp3) is 0.500. The zero-order valence-corrected chi connectivity index (χ0v) is 8.60. The summed E-state index contributed by atoms with van der Waals surface area (Å²) in [5.41, 5.74) is 7.13. The number of thiophene rings is 1. The zero-order valence-electron chi connectivity index (χ0n) is 7.79. The van der Waals surface area contributed by atoms with Gasteiger partial charge in [-0.2, -0.15) is 0 Å². The molecule has 0 amide bonds. The molecule has 1 fully saturated rings. The van der Waals surface area contributed by atoms with E-state index in [0.29, 0.717) is 5.92 Å². The molecule has 1 heterocycles. The summed E-state index contributed by atoms with van der Waals surface area (Å²) in [6.45, 7) is 2.89. The minimum absolute atomic E-state index is 0.597. The van der Waals surface area contributed by atoms with Crippen LogP contribution >= 0.6 is 11.3 Å². The zero-order chi connectivity index (χ0) is 9.26. The van der Waals surface area contributed by atoms with Crippen molar-refractivity contribution in [2.24, 2.45) is 16.6 Å². The van der Waals surface area contributed by atoms with Gasteiger partial charge in [0.25, 0.3) is 0 Å². The van der Waals surface area contributed by atoms with Crippen molar-refractivity contribution >= 4 is 17.2 Å². The summed E-state index contributed by atoms with van der Waals surface area (Å²) in [5.74, 6) is 1.45. The molecule has 1 aliphatic rings.